The van der Waals surface area contributed by atoms with Crippen molar-refractivity contribution in [3.05, 3.63) is 30.1 Å². The first-order chi connectivity index (χ1) is 6.52. The monoisotopic (exact) mass is 196 g/mol. The Morgan fingerprint density at radius 2 is 1.86 bits per heavy atom. The number of nitrogens with zero attached hydrogens (tertiary/aromatic N) is 1. The molecule has 0 atom stereocenters. The number of carboxylic acid groups (broad SMARTS) is 1. The number of amides is 1. The van der Waals surface area contributed by atoms with Crippen LogP contribution in [0.4, 0.5) is 14.9 Å². The van der Waals surface area contributed by atoms with E-state index in [1.807, 2.05) is 0 Å². The molecule has 1 aromatic carbocycles. The van der Waals surface area contributed by atoms with Crippen molar-refractivity contribution in [2.75, 3.05) is 4.90 Å². The van der Waals surface area contributed by atoms with Crippen LogP contribution in [-0.2, 0) is 0 Å². The fourth-order valence-electron chi connectivity index (χ4n) is 1.22. The lowest BCUT2D eigenvalue weighted by molar-refractivity contribution is -0.247. The van der Waals surface area contributed by atoms with Gasteiger partial charge in [-0.2, -0.15) is 0 Å². The highest BCUT2D eigenvalue weighted by atomic mass is 19.1. The second kappa shape index (κ2) is 4.09. The van der Waals surface area contributed by atoms with Crippen LogP contribution in [0.3, 0.4) is 0 Å². The molecule has 14 heavy (non-hydrogen) atoms. The zero-order chi connectivity index (χ0) is 10.7. The highest BCUT2D eigenvalue weighted by molar-refractivity contribution is 5.84. The number of benzene rings is 1. The van der Waals surface area contributed by atoms with Crippen molar-refractivity contribution < 1.29 is 14.3 Å². The Morgan fingerprint density at radius 1 is 1.36 bits per heavy atom. The van der Waals surface area contributed by atoms with E-state index in [-0.39, 0.29) is 6.04 Å². The first-order valence-electron chi connectivity index (χ1n) is 4.28. The number of rotatable bonds is 2. The van der Waals surface area contributed by atoms with E-state index in [0.717, 1.165) is 4.90 Å². The van der Waals surface area contributed by atoms with E-state index >= 15 is 0 Å². The van der Waals surface area contributed by atoms with E-state index in [1.54, 1.807) is 13.8 Å². The molecule has 1 rings (SSSR count). The van der Waals surface area contributed by atoms with Gasteiger partial charge in [0.2, 0.25) is 0 Å². The Balaban J connectivity index is 3.00. The van der Waals surface area contributed by atoms with Crippen molar-refractivity contribution in [2.45, 2.75) is 19.9 Å². The third kappa shape index (κ3) is 2.22. The normalized spacial score (nSPS) is 10.3. The molecule has 4 heteroatoms. The molecule has 0 aliphatic heterocycles. The topological polar surface area (TPSA) is 43.4 Å². The van der Waals surface area contributed by atoms with Gasteiger partial charge in [0.1, 0.15) is 11.9 Å². The van der Waals surface area contributed by atoms with Gasteiger partial charge in [0.05, 0.1) is 0 Å². The standard InChI is InChI=1S/C10H12FNO2/c1-7(2)12(10(13)14)9-5-3-8(11)4-6-9/h3-7H,1-2H3,(H,13,14)/p-1. The van der Waals surface area contributed by atoms with E-state index < -0.39 is 11.9 Å². The molecule has 0 saturated carbocycles. The molecule has 0 fully saturated rings. The molecule has 0 N–H and O–H groups in total. The Kier molecular flexibility index (Phi) is 3.06. The molecule has 0 aromatic heterocycles. The van der Waals surface area contributed by atoms with Gasteiger partial charge in [-0.15, -0.1) is 0 Å². The van der Waals surface area contributed by atoms with Gasteiger partial charge < -0.3 is 14.8 Å². The fourth-order valence-corrected chi connectivity index (χ4v) is 1.22. The van der Waals surface area contributed by atoms with Gasteiger partial charge in [0, 0.05) is 11.7 Å². The van der Waals surface area contributed by atoms with Gasteiger partial charge in [-0.1, -0.05) is 0 Å². The van der Waals surface area contributed by atoms with Crippen LogP contribution in [-0.4, -0.2) is 12.1 Å². The smallest absolute Gasteiger partial charge is 0.141 e. The summed E-state index contributed by atoms with van der Waals surface area (Å²) in [6, 6.07) is 5.02. The molecule has 0 aliphatic carbocycles. The van der Waals surface area contributed by atoms with E-state index in [2.05, 4.69) is 0 Å². The molecule has 0 bridgehead atoms. The Hall–Kier alpha value is -1.58. The summed E-state index contributed by atoms with van der Waals surface area (Å²) in [7, 11) is 0. The number of halogens is 1. The number of hydrogen-bond acceptors (Lipinski definition) is 2. The molecule has 0 saturated heterocycles. The fraction of sp³-hybridized carbons (Fsp3) is 0.300. The molecule has 0 radical (unpaired) electrons. The van der Waals surface area contributed by atoms with Gasteiger partial charge in [0.25, 0.3) is 0 Å². The zero-order valence-corrected chi connectivity index (χ0v) is 8.03. The van der Waals surface area contributed by atoms with Crippen molar-refractivity contribution in [1.29, 1.82) is 0 Å². The van der Waals surface area contributed by atoms with Crippen LogP contribution in [0.15, 0.2) is 24.3 Å². The molecule has 76 valence electrons. The minimum absolute atomic E-state index is 0.231. The molecule has 0 spiro atoms. The molecule has 0 heterocycles. The van der Waals surface area contributed by atoms with Crippen LogP contribution in [0, 0.1) is 5.82 Å². The molecular weight excluding hydrogens is 185 g/mol. The van der Waals surface area contributed by atoms with E-state index in [4.69, 9.17) is 0 Å². The van der Waals surface area contributed by atoms with E-state index in [0.29, 0.717) is 5.69 Å². The van der Waals surface area contributed by atoms with Gasteiger partial charge in [-0.3, -0.25) is 0 Å². The van der Waals surface area contributed by atoms with Crippen LogP contribution >= 0.6 is 0 Å². The van der Waals surface area contributed by atoms with Gasteiger partial charge in [-0.25, -0.2) is 4.39 Å². The number of anilines is 1. The summed E-state index contributed by atoms with van der Waals surface area (Å²) < 4.78 is 12.6. The molecule has 3 nitrogen and oxygen atoms in total. The number of carbonyl (C=O) groups is 1. The third-order valence-electron chi connectivity index (χ3n) is 1.82. The Labute approximate surface area is 81.8 Å². The summed E-state index contributed by atoms with van der Waals surface area (Å²) >= 11 is 0. The van der Waals surface area contributed by atoms with Crippen molar-refractivity contribution in [2.24, 2.45) is 0 Å². The highest BCUT2D eigenvalue weighted by Gasteiger charge is 2.10. The average molecular weight is 196 g/mol. The maximum Gasteiger partial charge on any atom is 0.141 e. The van der Waals surface area contributed by atoms with Crippen molar-refractivity contribution in [1.82, 2.24) is 0 Å². The summed E-state index contributed by atoms with van der Waals surface area (Å²) in [6.45, 7) is 3.44. The first kappa shape index (κ1) is 10.5. The van der Waals surface area contributed by atoms with Crippen molar-refractivity contribution >= 4 is 11.8 Å². The van der Waals surface area contributed by atoms with Crippen LogP contribution in [0.5, 0.6) is 0 Å². The summed E-state index contributed by atoms with van der Waals surface area (Å²) in [4.78, 5) is 11.8. The van der Waals surface area contributed by atoms with Crippen LogP contribution in [0.25, 0.3) is 0 Å². The van der Waals surface area contributed by atoms with Crippen LogP contribution in [0.2, 0.25) is 0 Å². The molecule has 0 aliphatic rings. The van der Waals surface area contributed by atoms with Gasteiger partial charge >= 0.3 is 0 Å². The largest absolute Gasteiger partial charge is 0.530 e. The van der Waals surface area contributed by atoms with Crippen LogP contribution < -0.4 is 10.0 Å². The molecule has 1 aromatic rings. The van der Waals surface area contributed by atoms with Crippen molar-refractivity contribution in [3.8, 4) is 0 Å². The van der Waals surface area contributed by atoms with Gasteiger partial charge in [-0.05, 0) is 38.1 Å². The summed E-state index contributed by atoms with van der Waals surface area (Å²) in [5.74, 6) is -0.393. The average Bonchev–Trinajstić information content (AvgIpc) is 2.07. The molecular formula is C10H11FNO2-. The SMILES string of the molecule is CC(C)N(C(=O)[O-])c1ccc(F)cc1. The number of carbonyl (C=O) groups excluding carboxylic acids is 1. The lowest BCUT2D eigenvalue weighted by Crippen LogP contribution is -2.45. The minimum Gasteiger partial charge on any atom is -0.530 e. The second-order valence-electron chi connectivity index (χ2n) is 3.21. The predicted octanol–water partition coefficient (Wildman–Crippen LogP) is 1.38. The summed E-state index contributed by atoms with van der Waals surface area (Å²) in [5, 5.41) is 10.7. The van der Waals surface area contributed by atoms with Gasteiger partial charge in [0.15, 0.2) is 0 Å². The summed E-state index contributed by atoms with van der Waals surface area (Å²) in [6.07, 6.45) is -1.29. The second-order valence-corrected chi connectivity index (χ2v) is 3.21. The van der Waals surface area contributed by atoms with E-state index in [1.165, 1.54) is 24.3 Å². The maximum atomic E-state index is 12.6. The minimum atomic E-state index is -1.29. The van der Waals surface area contributed by atoms with Crippen LogP contribution in [0.1, 0.15) is 13.8 Å². The first-order valence-corrected chi connectivity index (χ1v) is 4.28. The third-order valence-corrected chi connectivity index (χ3v) is 1.82. The molecule has 1 amide bonds. The zero-order valence-electron chi connectivity index (χ0n) is 8.03. The lowest BCUT2D eigenvalue weighted by Gasteiger charge is -2.29. The maximum absolute atomic E-state index is 12.6. The molecule has 0 unspecified atom stereocenters. The Morgan fingerprint density at radius 3 is 2.21 bits per heavy atom. The van der Waals surface area contributed by atoms with E-state index in [9.17, 15) is 14.3 Å². The summed E-state index contributed by atoms with van der Waals surface area (Å²) in [5.41, 5.74) is 0.418. The quantitative estimate of drug-likeness (QED) is 0.717. The lowest BCUT2D eigenvalue weighted by atomic mass is 10.2. The van der Waals surface area contributed by atoms with Crippen molar-refractivity contribution in [3.63, 3.8) is 0 Å². The predicted molar refractivity (Wildman–Crippen MR) is 49.4 cm³/mol. The Bertz CT molecular complexity index is 321. The highest BCUT2D eigenvalue weighted by Crippen LogP contribution is 2.16. The number of hydrogen-bond donors (Lipinski definition) is 0.